The van der Waals surface area contributed by atoms with Gasteiger partial charge < -0.3 is 5.32 Å². The first-order chi connectivity index (χ1) is 10.2. The van der Waals surface area contributed by atoms with Gasteiger partial charge in [-0.25, -0.2) is 5.10 Å². The third-order valence-electron chi connectivity index (χ3n) is 3.62. The quantitative estimate of drug-likeness (QED) is 0.665. The van der Waals surface area contributed by atoms with Crippen molar-refractivity contribution < 1.29 is 0 Å². The molecule has 3 aromatic rings. The Morgan fingerprint density at radius 1 is 1.14 bits per heavy atom. The molecule has 0 saturated carbocycles. The van der Waals surface area contributed by atoms with E-state index < -0.39 is 0 Å². The highest BCUT2D eigenvalue weighted by Crippen LogP contribution is 2.37. The summed E-state index contributed by atoms with van der Waals surface area (Å²) in [5.74, 6) is 0.712. The van der Waals surface area contributed by atoms with E-state index in [4.69, 9.17) is 23.8 Å². The van der Waals surface area contributed by atoms with Crippen LogP contribution in [-0.2, 0) is 0 Å². The molecule has 4 nitrogen and oxygen atoms in total. The van der Waals surface area contributed by atoms with E-state index in [0.29, 0.717) is 15.7 Å². The average Bonchev–Trinajstić information content (AvgIpc) is 2.88. The molecule has 0 bridgehead atoms. The minimum Gasteiger partial charge on any atom is -0.343 e. The second kappa shape index (κ2) is 4.72. The molecule has 0 spiro atoms. The molecule has 0 saturated heterocycles. The van der Waals surface area contributed by atoms with E-state index >= 15 is 0 Å². The molecule has 4 rings (SSSR count). The van der Waals surface area contributed by atoms with Crippen molar-refractivity contribution in [1.82, 2.24) is 14.8 Å². The van der Waals surface area contributed by atoms with Gasteiger partial charge in [0.05, 0.1) is 11.7 Å². The first-order valence-electron chi connectivity index (χ1n) is 6.53. The summed E-state index contributed by atoms with van der Waals surface area (Å²) < 4.78 is 2.45. The van der Waals surface area contributed by atoms with Crippen LogP contribution in [0.15, 0.2) is 48.5 Å². The number of nitrogens with zero attached hydrogens (tertiary/aromatic N) is 2. The Labute approximate surface area is 131 Å². The maximum Gasteiger partial charge on any atom is 0.228 e. The normalized spacial score (nSPS) is 16.0. The number of nitrogens with one attached hydrogen (secondary N) is 2. The fourth-order valence-electron chi connectivity index (χ4n) is 2.69. The Kier molecular flexibility index (Phi) is 2.83. The molecule has 0 radical (unpaired) electrons. The van der Waals surface area contributed by atoms with Crippen LogP contribution in [0.5, 0.6) is 0 Å². The van der Waals surface area contributed by atoms with Gasteiger partial charge >= 0.3 is 0 Å². The molecule has 2 N–H and O–H groups in total. The van der Waals surface area contributed by atoms with Gasteiger partial charge in [-0.05, 0) is 36.0 Å². The number of halogens is 1. The van der Waals surface area contributed by atoms with Crippen molar-refractivity contribution in [2.75, 3.05) is 5.32 Å². The number of anilines is 1. The van der Waals surface area contributed by atoms with Crippen LogP contribution in [0.2, 0.25) is 5.02 Å². The summed E-state index contributed by atoms with van der Waals surface area (Å²) in [6.45, 7) is 0. The summed E-state index contributed by atoms with van der Waals surface area (Å²) in [4.78, 5) is 0. The standard InChI is InChI=1S/C15H11ClN4S/c16-10-6-7-12-11(8-10)13(9-4-2-1-3-5-9)17-14-18-19-15(21)20(12)14/h1-8,13H,(H,17,18)(H,19,21). The van der Waals surface area contributed by atoms with E-state index in [0.717, 1.165) is 16.8 Å². The van der Waals surface area contributed by atoms with Gasteiger partial charge in [-0.3, -0.25) is 4.57 Å². The van der Waals surface area contributed by atoms with Crippen LogP contribution in [-0.4, -0.2) is 14.8 Å². The smallest absolute Gasteiger partial charge is 0.228 e. The summed E-state index contributed by atoms with van der Waals surface area (Å²) in [7, 11) is 0. The molecule has 0 fully saturated rings. The molecule has 0 aliphatic carbocycles. The summed E-state index contributed by atoms with van der Waals surface area (Å²) >= 11 is 11.5. The number of aromatic amines is 1. The van der Waals surface area contributed by atoms with Crippen molar-refractivity contribution in [2.24, 2.45) is 0 Å². The van der Waals surface area contributed by atoms with Crippen molar-refractivity contribution in [2.45, 2.75) is 6.04 Å². The topological polar surface area (TPSA) is 45.6 Å². The Morgan fingerprint density at radius 2 is 1.95 bits per heavy atom. The lowest BCUT2D eigenvalue weighted by Gasteiger charge is -2.28. The summed E-state index contributed by atoms with van der Waals surface area (Å²) in [6.07, 6.45) is 0. The van der Waals surface area contributed by atoms with E-state index in [-0.39, 0.29) is 6.04 Å². The van der Waals surface area contributed by atoms with Crippen molar-refractivity contribution in [3.63, 3.8) is 0 Å². The lowest BCUT2D eigenvalue weighted by molar-refractivity contribution is 0.834. The van der Waals surface area contributed by atoms with Crippen molar-refractivity contribution >= 4 is 29.8 Å². The molecule has 2 aromatic carbocycles. The molecule has 0 amide bonds. The Hall–Kier alpha value is -2.11. The van der Waals surface area contributed by atoms with Gasteiger partial charge in [0, 0.05) is 10.6 Å². The average molecular weight is 315 g/mol. The number of benzene rings is 2. The molecule has 1 aliphatic heterocycles. The predicted octanol–water partition coefficient (Wildman–Crippen LogP) is 4.10. The Morgan fingerprint density at radius 3 is 2.76 bits per heavy atom. The number of H-pyrrole nitrogens is 1. The van der Waals surface area contributed by atoms with Crippen LogP contribution < -0.4 is 5.32 Å². The number of hydrogen-bond donors (Lipinski definition) is 2. The fraction of sp³-hybridized carbons (Fsp3) is 0.0667. The van der Waals surface area contributed by atoms with E-state index in [1.165, 1.54) is 0 Å². The maximum absolute atomic E-state index is 6.18. The highest BCUT2D eigenvalue weighted by Gasteiger charge is 2.27. The van der Waals surface area contributed by atoms with Crippen molar-refractivity contribution in [3.8, 4) is 5.69 Å². The highest BCUT2D eigenvalue weighted by atomic mass is 35.5. The lowest BCUT2D eigenvalue weighted by Crippen LogP contribution is -2.22. The van der Waals surface area contributed by atoms with Crippen LogP contribution in [0.3, 0.4) is 0 Å². The van der Waals surface area contributed by atoms with Gasteiger partial charge in [0.15, 0.2) is 0 Å². The number of rotatable bonds is 1. The largest absolute Gasteiger partial charge is 0.343 e. The van der Waals surface area contributed by atoms with E-state index in [9.17, 15) is 0 Å². The molecule has 6 heteroatoms. The Balaban J connectivity index is 1.98. The highest BCUT2D eigenvalue weighted by molar-refractivity contribution is 7.71. The first kappa shape index (κ1) is 12.6. The van der Waals surface area contributed by atoms with Gasteiger partial charge in [0.25, 0.3) is 0 Å². The number of aromatic nitrogens is 3. The maximum atomic E-state index is 6.18. The summed E-state index contributed by atoms with van der Waals surface area (Å²) in [5, 5.41) is 11.2. The van der Waals surface area contributed by atoms with Crippen molar-refractivity contribution in [3.05, 3.63) is 69.5 Å². The first-order valence-corrected chi connectivity index (χ1v) is 7.31. The molecule has 104 valence electrons. The monoisotopic (exact) mass is 314 g/mol. The zero-order valence-electron chi connectivity index (χ0n) is 10.9. The van der Waals surface area contributed by atoms with Crippen molar-refractivity contribution in [1.29, 1.82) is 0 Å². The van der Waals surface area contributed by atoms with E-state index in [1.807, 2.05) is 41.0 Å². The summed E-state index contributed by atoms with van der Waals surface area (Å²) in [5.41, 5.74) is 3.24. The van der Waals surface area contributed by atoms with Crippen LogP contribution >= 0.6 is 23.8 Å². The number of fused-ring (bicyclic) bond motifs is 3. The summed E-state index contributed by atoms with van der Waals surface area (Å²) in [6, 6.07) is 16.0. The predicted molar refractivity (Wildman–Crippen MR) is 85.7 cm³/mol. The zero-order chi connectivity index (χ0) is 14.4. The number of hydrogen-bond acceptors (Lipinski definition) is 3. The van der Waals surface area contributed by atoms with E-state index in [2.05, 4.69) is 27.6 Å². The van der Waals surface area contributed by atoms with Crippen LogP contribution in [0.25, 0.3) is 5.69 Å². The molecule has 1 aliphatic rings. The molecule has 2 heterocycles. The SMILES string of the molecule is S=c1[nH]nc2n1-c1ccc(Cl)cc1C(c1ccccc1)N2. The van der Waals surface area contributed by atoms with E-state index in [1.54, 1.807) is 0 Å². The third kappa shape index (κ3) is 1.97. The second-order valence-electron chi connectivity index (χ2n) is 4.88. The van der Waals surface area contributed by atoms with Gasteiger partial charge in [0.2, 0.25) is 10.7 Å². The molecule has 1 unspecified atom stereocenters. The zero-order valence-corrected chi connectivity index (χ0v) is 12.4. The third-order valence-corrected chi connectivity index (χ3v) is 4.13. The van der Waals surface area contributed by atoms with Crippen LogP contribution in [0.4, 0.5) is 5.95 Å². The molecule has 1 atom stereocenters. The van der Waals surface area contributed by atoms with Gasteiger partial charge in [-0.15, -0.1) is 5.10 Å². The second-order valence-corrected chi connectivity index (χ2v) is 5.70. The molecule has 21 heavy (non-hydrogen) atoms. The van der Waals surface area contributed by atoms with Crippen LogP contribution in [0.1, 0.15) is 17.2 Å². The molecular weight excluding hydrogens is 304 g/mol. The minimum absolute atomic E-state index is 0.00222. The minimum atomic E-state index is -0.00222. The van der Waals surface area contributed by atoms with Gasteiger partial charge in [-0.1, -0.05) is 41.9 Å². The lowest BCUT2D eigenvalue weighted by atomic mass is 9.96. The fourth-order valence-corrected chi connectivity index (χ4v) is 3.10. The van der Waals surface area contributed by atoms with Gasteiger partial charge in [-0.2, -0.15) is 0 Å². The Bertz CT molecular complexity index is 869. The molecular formula is C15H11ClN4S. The van der Waals surface area contributed by atoms with Gasteiger partial charge in [0.1, 0.15) is 0 Å². The molecule has 1 aromatic heterocycles. The van der Waals surface area contributed by atoms with Crippen LogP contribution in [0, 0.1) is 4.77 Å².